The first-order chi connectivity index (χ1) is 8.24. The van der Waals surface area contributed by atoms with Crippen LogP contribution in [0.15, 0.2) is 0 Å². The predicted molar refractivity (Wildman–Crippen MR) is 74.3 cm³/mol. The number of hydrogen-bond acceptors (Lipinski definition) is 4. The molecule has 0 aromatic rings. The van der Waals surface area contributed by atoms with Crippen molar-refractivity contribution in [3.05, 3.63) is 0 Å². The number of hydrogen-bond donors (Lipinski definition) is 2. The highest BCUT2D eigenvalue weighted by Crippen LogP contribution is 2.07. The van der Waals surface area contributed by atoms with Gasteiger partial charge in [0, 0.05) is 37.7 Å². The summed E-state index contributed by atoms with van der Waals surface area (Å²) in [5, 5.41) is 2.93. The highest BCUT2D eigenvalue weighted by molar-refractivity contribution is 7.99. The van der Waals surface area contributed by atoms with E-state index in [4.69, 9.17) is 5.73 Å². The lowest BCUT2D eigenvalue weighted by atomic mass is 10.1. The lowest BCUT2D eigenvalue weighted by Gasteiger charge is -2.26. The molecular weight excluding hydrogens is 234 g/mol. The van der Waals surface area contributed by atoms with Crippen molar-refractivity contribution in [3.8, 4) is 0 Å². The van der Waals surface area contributed by atoms with Gasteiger partial charge in [0.1, 0.15) is 0 Å². The fourth-order valence-corrected chi connectivity index (χ4v) is 2.83. The van der Waals surface area contributed by atoms with Crippen molar-refractivity contribution >= 4 is 17.7 Å². The van der Waals surface area contributed by atoms with Crippen molar-refractivity contribution in [1.29, 1.82) is 0 Å². The summed E-state index contributed by atoms with van der Waals surface area (Å²) in [4.78, 5) is 14.0. The molecule has 1 rings (SSSR count). The molecule has 17 heavy (non-hydrogen) atoms. The van der Waals surface area contributed by atoms with Crippen LogP contribution in [-0.4, -0.2) is 54.5 Å². The molecule has 1 aliphatic rings. The van der Waals surface area contributed by atoms with Gasteiger partial charge in [-0.25, -0.2) is 0 Å². The van der Waals surface area contributed by atoms with Gasteiger partial charge in [-0.05, 0) is 6.42 Å². The normalized spacial score (nSPS) is 18.9. The van der Waals surface area contributed by atoms with E-state index in [-0.39, 0.29) is 11.9 Å². The number of amides is 1. The fourth-order valence-electron chi connectivity index (χ4n) is 1.85. The second-order valence-corrected chi connectivity index (χ2v) is 5.72. The molecule has 0 spiro atoms. The highest BCUT2D eigenvalue weighted by atomic mass is 32.2. The van der Waals surface area contributed by atoms with Crippen molar-refractivity contribution < 1.29 is 4.79 Å². The number of unbranched alkanes of at least 4 members (excludes halogenated alkanes) is 1. The first-order valence-electron chi connectivity index (χ1n) is 6.57. The lowest BCUT2D eigenvalue weighted by molar-refractivity contribution is -0.122. The molecule has 1 fully saturated rings. The highest BCUT2D eigenvalue weighted by Gasteiger charge is 2.13. The number of rotatable bonds is 7. The smallest absolute Gasteiger partial charge is 0.236 e. The summed E-state index contributed by atoms with van der Waals surface area (Å²) in [6.07, 6.45) is 2.91. The Balaban J connectivity index is 2.06. The van der Waals surface area contributed by atoms with Crippen molar-refractivity contribution in [2.45, 2.75) is 32.2 Å². The Morgan fingerprint density at radius 1 is 1.47 bits per heavy atom. The second kappa shape index (κ2) is 8.78. The van der Waals surface area contributed by atoms with E-state index in [1.165, 1.54) is 11.5 Å². The van der Waals surface area contributed by atoms with E-state index < -0.39 is 0 Å². The maximum absolute atomic E-state index is 11.6. The minimum atomic E-state index is -0.327. The maximum atomic E-state index is 11.6. The van der Waals surface area contributed by atoms with Crippen molar-refractivity contribution in [1.82, 2.24) is 10.2 Å². The van der Waals surface area contributed by atoms with E-state index in [9.17, 15) is 4.79 Å². The third-order valence-corrected chi connectivity index (χ3v) is 3.98. The van der Waals surface area contributed by atoms with Crippen LogP contribution in [0, 0.1) is 0 Å². The summed E-state index contributed by atoms with van der Waals surface area (Å²) in [5.74, 6) is 2.43. The SMILES string of the molecule is CCCCC(N)C(=O)NCCN1CCSCC1. The number of nitrogens with two attached hydrogens (primary N) is 1. The lowest BCUT2D eigenvalue weighted by Crippen LogP contribution is -2.44. The Morgan fingerprint density at radius 3 is 2.82 bits per heavy atom. The topological polar surface area (TPSA) is 58.4 Å². The molecule has 0 aliphatic carbocycles. The first-order valence-corrected chi connectivity index (χ1v) is 7.73. The molecule has 5 heteroatoms. The van der Waals surface area contributed by atoms with Crippen LogP contribution in [-0.2, 0) is 4.79 Å². The van der Waals surface area contributed by atoms with Crippen LogP contribution in [0.4, 0.5) is 0 Å². The molecule has 4 nitrogen and oxygen atoms in total. The molecule has 0 aromatic heterocycles. The molecule has 0 saturated carbocycles. The van der Waals surface area contributed by atoms with Gasteiger partial charge >= 0.3 is 0 Å². The monoisotopic (exact) mass is 259 g/mol. The average Bonchev–Trinajstić information content (AvgIpc) is 2.37. The number of nitrogens with zero attached hydrogens (tertiary/aromatic N) is 1. The van der Waals surface area contributed by atoms with Crippen molar-refractivity contribution in [2.75, 3.05) is 37.7 Å². The molecule has 1 amide bonds. The van der Waals surface area contributed by atoms with E-state index >= 15 is 0 Å². The summed E-state index contributed by atoms with van der Waals surface area (Å²) in [7, 11) is 0. The first kappa shape index (κ1) is 14.8. The number of thioether (sulfide) groups is 1. The van der Waals surface area contributed by atoms with Gasteiger partial charge in [0.25, 0.3) is 0 Å². The van der Waals surface area contributed by atoms with Crippen LogP contribution in [0.5, 0.6) is 0 Å². The Morgan fingerprint density at radius 2 is 2.18 bits per heavy atom. The summed E-state index contributed by atoms with van der Waals surface area (Å²) in [6, 6.07) is -0.327. The zero-order chi connectivity index (χ0) is 12.5. The Bertz CT molecular complexity index is 220. The van der Waals surface area contributed by atoms with Gasteiger partial charge in [-0.2, -0.15) is 11.8 Å². The van der Waals surface area contributed by atoms with Gasteiger partial charge in [0.05, 0.1) is 6.04 Å². The quantitative estimate of drug-likeness (QED) is 0.705. The predicted octanol–water partition coefficient (Wildman–Crippen LogP) is 0.669. The van der Waals surface area contributed by atoms with Gasteiger partial charge in [-0.1, -0.05) is 19.8 Å². The van der Waals surface area contributed by atoms with Crippen LogP contribution in [0.3, 0.4) is 0 Å². The molecule has 1 saturated heterocycles. The van der Waals surface area contributed by atoms with E-state index in [0.29, 0.717) is 0 Å². The van der Waals surface area contributed by atoms with Gasteiger partial charge in [0.15, 0.2) is 0 Å². The molecule has 1 unspecified atom stereocenters. The zero-order valence-corrected chi connectivity index (χ0v) is 11.6. The summed E-state index contributed by atoms with van der Waals surface area (Å²) in [6.45, 7) is 6.07. The average molecular weight is 259 g/mol. The van der Waals surface area contributed by atoms with E-state index in [1.807, 2.05) is 11.8 Å². The molecule has 1 atom stereocenters. The molecule has 0 aromatic carbocycles. The van der Waals surface area contributed by atoms with Crippen molar-refractivity contribution in [2.24, 2.45) is 5.73 Å². The zero-order valence-electron chi connectivity index (χ0n) is 10.8. The number of carbonyl (C=O) groups excluding carboxylic acids is 1. The molecule has 1 aliphatic heterocycles. The van der Waals surface area contributed by atoms with Crippen LogP contribution in [0.1, 0.15) is 26.2 Å². The molecule has 0 bridgehead atoms. The molecule has 3 N–H and O–H groups in total. The Kier molecular flexibility index (Phi) is 7.64. The minimum absolute atomic E-state index is 0.00448. The van der Waals surface area contributed by atoms with Gasteiger partial charge in [0.2, 0.25) is 5.91 Å². The van der Waals surface area contributed by atoms with Crippen LogP contribution >= 0.6 is 11.8 Å². The fraction of sp³-hybridized carbons (Fsp3) is 0.917. The third-order valence-electron chi connectivity index (χ3n) is 3.04. The van der Waals surface area contributed by atoms with Crippen molar-refractivity contribution in [3.63, 3.8) is 0 Å². The van der Waals surface area contributed by atoms with Crippen LogP contribution < -0.4 is 11.1 Å². The maximum Gasteiger partial charge on any atom is 0.236 e. The number of nitrogens with one attached hydrogen (secondary N) is 1. The molecule has 0 radical (unpaired) electrons. The Labute approximate surface area is 109 Å². The van der Waals surface area contributed by atoms with E-state index in [0.717, 1.165) is 45.4 Å². The Hall–Kier alpha value is -0.260. The molecule has 100 valence electrons. The van der Waals surface area contributed by atoms with Crippen LogP contribution in [0.2, 0.25) is 0 Å². The third kappa shape index (κ3) is 6.29. The van der Waals surface area contributed by atoms with E-state index in [2.05, 4.69) is 17.1 Å². The number of carbonyl (C=O) groups is 1. The second-order valence-electron chi connectivity index (χ2n) is 4.49. The van der Waals surface area contributed by atoms with Gasteiger partial charge < -0.3 is 11.1 Å². The molecular formula is C12H25N3OS. The summed E-state index contributed by atoms with van der Waals surface area (Å²) >= 11 is 2.00. The van der Waals surface area contributed by atoms with Crippen LogP contribution in [0.25, 0.3) is 0 Å². The molecule has 1 heterocycles. The minimum Gasteiger partial charge on any atom is -0.353 e. The largest absolute Gasteiger partial charge is 0.353 e. The summed E-state index contributed by atoms with van der Waals surface area (Å²) in [5.41, 5.74) is 5.79. The standard InChI is InChI=1S/C12H25N3OS/c1-2-3-4-11(13)12(16)14-5-6-15-7-9-17-10-8-15/h11H,2-10,13H2,1H3,(H,14,16). The van der Waals surface area contributed by atoms with E-state index in [1.54, 1.807) is 0 Å². The van der Waals surface area contributed by atoms with Gasteiger partial charge in [-0.3, -0.25) is 9.69 Å². The van der Waals surface area contributed by atoms with Gasteiger partial charge in [-0.15, -0.1) is 0 Å². The summed E-state index contributed by atoms with van der Waals surface area (Å²) < 4.78 is 0.